The molecule has 0 fully saturated rings. The number of aromatic nitrogens is 1. The summed E-state index contributed by atoms with van der Waals surface area (Å²) in [6, 6.07) is 3.81. The van der Waals surface area contributed by atoms with Crippen molar-refractivity contribution in [1.29, 1.82) is 0 Å². The van der Waals surface area contributed by atoms with Crippen LogP contribution >= 0.6 is 0 Å². The third-order valence-corrected chi connectivity index (χ3v) is 2.64. The van der Waals surface area contributed by atoms with Gasteiger partial charge in [0.05, 0.1) is 22.2 Å². The average Bonchev–Trinajstić information content (AvgIpc) is 2.38. The quantitative estimate of drug-likeness (QED) is 0.680. The van der Waals surface area contributed by atoms with Gasteiger partial charge in [0.1, 0.15) is 0 Å². The molecule has 0 amide bonds. The highest BCUT2D eigenvalue weighted by Crippen LogP contribution is 2.30. The lowest BCUT2D eigenvalue weighted by Gasteiger charge is -2.07. The molecule has 0 atom stereocenters. The minimum absolute atomic E-state index is 0.0621. The molecule has 0 aliphatic heterocycles. The average molecular weight is 284 g/mol. The van der Waals surface area contributed by atoms with Crippen molar-refractivity contribution in [2.45, 2.75) is 6.18 Å². The van der Waals surface area contributed by atoms with Gasteiger partial charge in [-0.25, -0.2) is 0 Å². The van der Waals surface area contributed by atoms with Crippen LogP contribution in [0.15, 0.2) is 41.5 Å². The molecule has 2 rings (SSSR count). The van der Waals surface area contributed by atoms with Crippen LogP contribution in [0.25, 0.3) is 11.1 Å². The molecule has 5 nitrogen and oxygen atoms in total. The minimum atomic E-state index is -4.48. The lowest BCUT2D eigenvalue weighted by molar-refractivity contribution is -0.386. The van der Waals surface area contributed by atoms with Gasteiger partial charge in [-0.1, -0.05) is 12.1 Å². The Balaban J connectivity index is 2.51. The van der Waals surface area contributed by atoms with E-state index in [1.54, 1.807) is 0 Å². The summed E-state index contributed by atoms with van der Waals surface area (Å²) in [6.07, 6.45) is -2.35. The molecule has 1 heterocycles. The summed E-state index contributed by atoms with van der Waals surface area (Å²) in [5.74, 6) is 0. The number of rotatable bonds is 2. The van der Waals surface area contributed by atoms with E-state index in [0.717, 1.165) is 30.5 Å². The molecular weight excluding hydrogens is 277 g/mol. The minimum Gasteiger partial charge on any atom is -0.361 e. The number of pyridine rings is 1. The second-order valence-electron chi connectivity index (χ2n) is 3.92. The van der Waals surface area contributed by atoms with Crippen LogP contribution in [0.2, 0.25) is 0 Å². The summed E-state index contributed by atoms with van der Waals surface area (Å²) in [4.78, 5) is 24.0. The first kappa shape index (κ1) is 13.8. The van der Waals surface area contributed by atoms with Crippen molar-refractivity contribution >= 4 is 5.69 Å². The molecule has 1 aromatic heterocycles. The molecule has 104 valence electrons. The summed E-state index contributed by atoms with van der Waals surface area (Å²) in [7, 11) is 0. The molecule has 0 bridgehead atoms. The normalized spacial score (nSPS) is 11.3. The lowest BCUT2D eigenvalue weighted by atomic mass is 10.0. The van der Waals surface area contributed by atoms with Crippen molar-refractivity contribution in [3.8, 4) is 11.1 Å². The number of hydrogen-bond donors (Lipinski definition) is 1. The Labute approximate surface area is 109 Å². The van der Waals surface area contributed by atoms with E-state index in [4.69, 9.17) is 0 Å². The molecular formula is C12H7F3N2O3. The maximum Gasteiger partial charge on any atom is 0.416 e. The van der Waals surface area contributed by atoms with Gasteiger partial charge in [0.2, 0.25) is 0 Å². The Morgan fingerprint density at radius 3 is 2.20 bits per heavy atom. The summed E-state index contributed by atoms with van der Waals surface area (Å²) >= 11 is 0. The maximum absolute atomic E-state index is 12.4. The monoisotopic (exact) mass is 284 g/mol. The predicted octanol–water partition coefficient (Wildman–Crippen LogP) is 2.97. The first-order valence-electron chi connectivity index (χ1n) is 5.34. The first-order chi connectivity index (χ1) is 9.30. The fraction of sp³-hybridized carbons (Fsp3) is 0.0833. The number of aromatic amines is 1. The molecule has 2 aromatic rings. The van der Waals surface area contributed by atoms with Crippen molar-refractivity contribution in [2.75, 3.05) is 0 Å². The number of alkyl halides is 3. The van der Waals surface area contributed by atoms with Crippen LogP contribution < -0.4 is 5.43 Å². The largest absolute Gasteiger partial charge is 0.416 e. The van der Waals surface area contributed by atoms with E-state index in [1.807, 2.05) is 0 Å². The number of nitrogens with one attached hydrogen (secondary N) is 1. The highest BCUT2D eigenvalue weighted by molar-refractivity contribution is 5.65. The van der Waals surface area contributed by atoms with E-state index in [-0.39, 0.29) is 11.1 Å². The van der Waals surface area contributed by atoms with E-state index < -0.39 is 27.8 Å². The Kier molecular flexibility index (Phi) is 3.31. The van der Waals surface area contributed by atoms with Gasteiger partial charge in [0.25, 0.3) is 5.43 Å². The Bertz CT molecular complexity index is 705. The molecule has 0 saturated carbocycles. The second kappa shape index (κ2) is 4.80. The SMILES string of the molecule is O=c1c(-c2ccc(C(F)(F)F)cc2)c[nH]cc1[N+](=O)[O-]. The predicted molar refractivity (Wildman–Crippen MR) is 64.2 cm³/mol. The van der Waals surface area contributed by atoms with Gasteiger partial charge in [-0.05, 0) is 17.7 Å². The third kappa shape index (κ3) is 2.53. The number of nitro groups is 1. The number of H-pyrrole nitrogens is 1. The molecule has 0 radical (unpaired) electrons. The van der Waals surface area contributed by atoms with Crippen LogP contribution in [0, 0.1) is 10.1 Å². The Morgan fingerprint density at radius 1 is 1.10 bits per heavy atom. The zero-order valence-corrected chi connectivity index (χ0v) is 9.77. The van der Waals surface area contributed by atoms with Crippen LogP contribution in [-0.2, 0) is 6.18 Å². The van der Waals surface area contributed by atoms with Crippen molar-refractivity contribution in [3.63, 3.8) is 0 Å². The van der Waals surface area contributed by atoms with Gasteiger partial charge in [-0.15, -0.1) is 0 Å². The van der Waals surface area contributed by atoms with Gasteiger partial charge >= 0.3 is 11.9 Å². The van der Waals surface area contributed by atoms with Gasteiger partial charge in [0.15, 0.2) is 0 Å². The third-order valence-electron chi connectivity index (χ3n) is 2.64. The van der Waals surface area contributed by atoms with E-state index in [0.29, 0.717) is 0 Å². The summed E-state index contributed by atoms with van der Waals surface area (Å²) in [5, 5.41) is 10.6. The Hall–Kier alpha value is -2.64. The number of nitrogens with zero attached hydrogens (tertiary/aromatic N) is 1. The highest BCUT2D eigenvalue weighted by Gasteiger charge is 2.30. The van der Waals surface area contributed by atoms with Crippen LogP contribution in [0.5, 0.6) is 0 Å². The molecule has 0 aliphatic rings. The van der Waals surface area contributed by atoms with Crippen LogP contribution in [0.1, 0.15) is 5.56 Å². The van der Waals surface area contributed by atoms with Crippen LogP contribution in [0.4, 0.5) is 18.9 Å². The van der Waals surface area contributed by atoms with Gasteiger partial charge < -0.3 is 4.98 Å². The van der Waals surface area contributed by atoms with Crippen molar-refractivity contribution in [1.82, 2.24) is 4.98 Å². The van der Waals surface area contributed by atoms with Crippen molar-refractivity contribution < 1.29 is 18.1 Å². The fourth-order valence-corrected chi connectivity index (χ4v) is 1.66. The molecule has 0 unspecified atom stereocenters. The molecule has 0 aliphatic carbocycles. The zero-order valence-electron chi connectivity index (χ0n) is 9.77. The zero-order chi connectivity index (χ0) is 14.9. The highest BCUT2D eigenvalue weighted by atomic mass is 19.4. The van der Waals surface area contributed by atoms with Gasteiger partial charge in [0, 0.05) is 6.20 Å². The molecule has 0 spiro atoms. The van der Waals surface area contributed by atoms with E-state index >= 15 is 0 Å². The summed E-state index contributed by atoms with van der Waals surface area (Å²) in [6.45, 7) is 0. The van der Waals surface area contributed by atoms with Crippen molar-refractivity contribution in [2.24, 2.45) is 0 Å². The maximum atomic E-state index is 12.4. The van der Waals surface area contributed by atoms with Gasteiger partial charge in [-0.3, -0.25) is 14.9 Å². The molecule has 8 heteroatoms. The smallest absolute Gasteiger partial charge is 0.361 e. The number of benzene rings is 1. The molecule has 0 saturated heterocycles. The second-order valence-corrected chi connectivity index (χ2v) is 3.92. The molecule has 1 aromatic carbocycles. The molecule has 20 heavy (non-hydrogen) atoms. The first-order valence-corrected chi connectivity index (χ1v) is 5.34. The van der Waals surface area contributed by atoms with E-state index in [1.165, 1.54) is 6.20 Å². The topological polar surface area (TPSA) is 76.0 Å². The van der Waals surface area contributed by atoms with Crippen LogP contribution in [-0.4, -0.2) is 9.91 Å². The van der Waals surface area contributed by atoms with Gasteiger partial charge in [-0.2, -0.15) is 13.2 Å². The summed E-state index contributed by atoms with van der Waals surface area (Å²) in [5.41, 5.74) is -2.27. The number of halogens is 3. The fourth-order valence-electron chi connectivity index (χ4n) is 1.66. The lowest BCUT2D eigenvalue weighted by Crippen LogP contribution is -2.11. The standard InChI is InChI=1S/C12H7F3N2O3/c13-12(14,15)8-3-1-7(2-4-8)9-5-16-6-10(11(9)18)17(19)20/h1-6H,(H,16,18). The van der Waals surface area contributed by atoms with Crippen molar-refractivity contribution in [3.05, 3.63) is 62.6 Å². The number of hydrogen-bond acceptors (Lipinski definition) is 3. The molecule has 1 N–H and O–H groups in total. The Morgan fingerprint density at radius 2 is 1.70 bits per heavy atom. The van der Waals surface area contributed by atoms with Crippen LogP contribution in [0.3, 0.4) is 0 Å². The van der Waals surface area contributed by atoms with E-state index in [2.05, 4.69) is 4.98 Å². The van der Waals surface area contributed by atoms with E-state index in [9.17, 15) is 28.1 Å². The summed E-state index contributed by atoms with van der Waals surface area (Å²) < 4.78 is 37.2.